The van der Waals surface area contributed by atoms with Crippen LogP contribution >= 0.6 is 0 Å². The molecule has 0 amide bonds. The lowest BCUT2D eigenvalue weighted by atomic mass is 10.00. The Morgan fingerprint density at radius 2 is 1.69 bits per heavy atom. The molecule has 2 saturated heterocycles. The lowest BCUT2D eigenvalue weighted by Crippen LogP contribution is -2.46. The molecule has 0 saturated carbocycles. The maximum atomic E-state index is 12.8. The predicted molar refractivity (Wildman–Crippen MR) is 114 cm³/mol. The molecule has 9 nitrogen and oxygen atoms in total. The van der Waals surface area contributed by atoms with Crippen LogP contribution in [0.5, 0.6) is 17.2 Å². The summed E-state index contributed by atoms with van der Waals surface area (Å²) in [7, 11) is 6.61. The SMILES string of the molecule is COc1cc(C(=O)O[C@@H]2C[C@@H]3C[C@@H](OC(=O)c4cccn4C)[C@H](C2)N3C)cc(OC)c1O. The number of phenols is 1. The molecule has 32 heavy (non-hydrogen) atoms. The first-order valence-corrected chi connectivity index (χ1v) is 10.5. The Morgan fingerprint density at radius 3 is 2.28 bits per heavy atom. The molecular weight excluding hydrogens is 416 g/mol. The number of carbonyl (C=O) groups is 2. The summed E-state index contributed by atoms with van der Waals surface area (Å²) < 4.78 is 23.6. The number of phenolic OH excluding ortho intramolecular Hbond substituents is 1. The standard InChI is InChI=1S/C23H28N2O7/c1-24-7-5-6-16(24)23(28)32-18-11-14-10-15(12-17(18)25(14)2)31-22(27)13-8-19(29-3)21(26)20(9-13)30-4/h5-9,14-15,17-18,26H,10-12H2,1-4H3/t14-,15-,17+,18-/m1/s1. The molecule has 1 aromatic carbocycles. The number of aromatic hydroxyl groups is 1. The highest BCUT2D eigenvalue weighted by atomic mass is 16.6. The van der Waals surface area contributed by atoms with Gasteiger partial charge < -0.3 is 28.6 Å². The van der Waals surface area contributed by atoms with Gasteiger partial charge >= 0.3 is 11.9 Å². The number of aryl methyl sites for hydroxylation is 1. The smallest absolute Gasteiger partial charge is 0.355 e. The number of likely N-dealkylation sites (N-methyl/N-ethyl adjacent to an activating group) is 1. The Hall–Kier alpha value is -3.20. The van der Waals surface area contributed by atoms with E-state index in [1.54, 1.807) is 29.9 Å². The van der Waals surface area contributed by atoms with E-state index in [1.165, 1.54) is 26.4 Å². The maximum Gasteiger partial charge on any atom is 0.355 e. The lowest BCUT2D eigenvalue weighted by molar-refractivity contribution is -0.0154. The van der Waals surface area contributed by atoms with Gasteiger partial charge in [-0.3, -0.25) is 4.90 Å². The number of carbonyl (C=O) groups excluding carboxylic acids is 2. The number of piperidine rings is 1. The van der Waals surface area contributed by atoms with Gasteiger partial charge in [-0.2, -0.15) is 0 Å². The normalized spacial score (nSPS) is 24.8. The number of nitrogens with zero attached hydrogens (tertiary/aromatic N) is 2. The molecule has 0 unspecified atom stereocenters. The highest BCUT2D eigenvalue weighted by Crippen LogP contribution is 2.40. The number of esters is 2. The third-order valence-corrected chi connectivity index (χ3v) is 6.47. The highest BCUT2D eigenvalue weighted by molar-refractivity contribution is 5.91. The summed E-state index contributed by atoms with van der Waals surface area (Å²) in [6.07, 6.45) is 3.16. The molecule has 2 aliphatic rings. The summed E-state index contributed by atoms with van der Waals surface area (Å²) in [4.78, 5) is 27.6. The van der Waals surface area contributed by atoms with Crippen molar-refractivity contribution in [3.05, 3.63) is 41.7 Å². The summed E-state index contributed by atoms with van der Waals surface area (Å²) in [5.41, 5.74) is 0.738. The van der Waals surface area contributed by atoms with Gasteiger partial charge in [0.25, 0.3) is 0 Å². The molecule has 4 atom stereocenters. The van der Waals surface area contributed by atoms with E-state index in [2.05, 4.69) is 4.90 Å². The summed E-state index contributed by atoms with van der Waals surface area (Å²) in [5.74, 6) is -0.778. The number of rotatable bonds is 6. The third-order valence-electron chi connectivity index (χ3n) is 6.47. The van der Waals surface area contributed by atoms with Crippen LogP contribution in [0.4, 0.5) is 0 Å². The second-order valence-corrected chi connectivity index (χ2v) is 8.30. The average molecular weight is 444 g/mol. The first-order chi connectivity index (χ1) is 15.3. The fourth-order valence-corrected chi connectivity index (χ4v) is 4.70. The third kappa shape index (κ3) is 4.00. The van der Waals surface area contributed by atoms with Crippen molar-refractivity contribution in [3.63, 3.8) is 0 Å². The van der Waals surface area contributed by atoms with Crippen LogP contribution in [0, 0.1) is 0 Å². The molecule has 3 heterocycles. The number of methoxy groups -OCH3 is 2. The number of ether oxygens (including phenoxy) is 4. The zero-order valence-electron chi connectivity index (χ0n) is 18.6. The van der Waals surface area contributed by atoms with E-state index in [4.69, 9.17) is 18.9 Å². The minimum Gasteiger partial charge on any atom is -0.502 e. The van der Waals surface area contributed by atoms with E-state index in [-0.39, 0.29) is 53.1 Å². The van der Waals surface area contributed by atoms with Gasteiger partial charge in [-0.05, 0) is 31.3 Å². The molecule has 2 aliphatic heterocycles. The number of fused-ring (bicyclic) bond motifs is 2. The lowest BCUT2D eigenvalue weighted by Gasteiger charge is -2.36. The predicted octanol–water partition coefficient (Wildman–Crippen LogP) is 2.37. The van der Waals surface area contributed by atoms with Gasteiger partial charge in [0.05, 0.1) is 25.8 Å². The van der Waals surface area contributed by atoms with Crippen LogP contribution in [0.3, 0.4) is 0 Å². The van der Waals surface area contributed by atoms with Crippen LogP contribution in [-0.4, -0.2) is 72.1 Å². The van der Waals surface area contributed by atoms with E-state index in [0.717, 1.165) is 0 Å². The van der Waals surface area contributed by atoms with Crippen molar-refractivity contribution in [3.8, 4) is 17.2 Å². The molecule has 172 valence electrons. The second-order valence-electron chi connectivity index (χ2n) is 8.30. The van der Waals surface area contributed by atoms with Crippen LogP contribution in [0.15, 0.2) is 30.5 Å². The molecule has 9 heteroatoms. The molecule has 1 aromatic heterocycles. The Balaban J connectivity index is 1.44. The molecule has 0 aliphatic carbocycles. The van der Waals surface area contributed by atoms with Crippen LogP contribution in [-0.2, 0) is 16.5 Å². The van der Waals surface area contributed by atoms with Crippen molar-refractivity contribution >= 4 is 11.9 Å². The van der Waals surface area contributed by atoms with Crippen molar-refractivity contribution in [2.24, 2.45) is 7.05 Å². The molecule has 0 spiro atoms. The molecule has 0 radical (unpaired) electrons. The monoisotopic (exact) mass is 444 g/mol. The summed E-state index contributed by atoms with van der Waals surface area (Å²) in [6, 6.07) is 6.51. The topological polar surface area (TPSA) is 99.5 Å². The molecular formula is C23H28N2O7. The first-order valence-electron chi connectivity index (χ1n) is 10.5. The summed E-state index contributed by atoms with van der Waals surface area (Å²) in [6.45, 7) is 0. The average Bonchev–Trinajstić information content (AvgIpc) is 3.26. The van der Waals surface area contributed by atoms with Crippen molar-refractivity contribution in [1.82, 2.24) is 9.47 Å². The largest absolute Gasteiger partial charge is 0.502 e. The van der Waals surface area contributed by atoms with E-state index < -0.39 is 5.97 Å². The van der Waals surface area contributed by atoms with Crippen molar-refractivity contribution < 1.29 is 33.6 Å². The molecule has 4 rings (SSSR count). The molecule has 2 aromatic rings. The minimum atomic E-state index is -0.520. The van der Waals surface area contributed by atoms with Gasteiger partial charge in [0, 0.05) is 38.5 Å². The first kappa shape index (κ1) is 22.0. The van der Waals surface area contributed by atoms with Crippen molar-refractivity contribution in [2.75, 3.05) is 21.3 Å². The highest BCUT2D eigenvalue weighted by Gasteiger charge is 2.48. The molecule has 2 fully saturated rings. The summed E-state index contributed by atoms with van der Waals surface area (Å²) >= 11 is 0. The Bertz CT molecular complexity index is 993. The Labute approximate surface area is 186 Å². The quantitative estimate of drug-likeness (QED) is 0.678. The second kappa shape index (κ2) is 8.74. The van der Waals surface area contributed by atoms with Crippen molar-refractivity contribution in [1.29, 1.82) is 0 Å². The zero-order chi connectivity index (χ0) is 23.0. The van der Waals surface area contributed by atoms with Gasteiger partial charge in [-0.1, -0.05) is 0 Å². The van der Waals surface area contributed by atoms with Gasteiger partial charge in [0.2, 0.25) is 5.75 Å². The van der Waals surface area contributed by atoms with Crippen LogP contribution in [0.1, 0.15) is 40.1 Å². The maximum absolute atomic E-state index is 12.8. The van der Waals surface area contributed by atoms with Crippen LogP contribution in [0.2, 0.25) is 0 Å². The summed E-state index contributed by atoms with van der Waals surface area (Å²) in [5, 5.41) is 10.1. The minimum absolute atomic E-state index is 0.0281. The molecule has 2 bridgehead atoms. The fourth-order valence-electron chi connectivity index (χ4n) is 4.70. The Kier molecular flexibility index (Phi) is 6.01. The van der Waals surface area contributed by atoms with Gasteiger partial charge in [0.15, 0.2) is 11.5 Å². The van der Waals surface area contributed by atoms with E-state index in [0.29, 0.717) is 25.0 Å². The zero-order valence-corrected chi connectivity index (χ0v) is 18.6. The number of benzene rings is 1. The van der Waals surface area contributed by atoms with Gasteiger partial charge in [0.1, 0.15) is 17.9 Å². The number of hydrogen-bond donors (Lipinski definition) is 1. The number of aromatic nitrogens is 1. The number of hydrogen-bond acceptors (Lipinski definition) is 8. The van der Waals surface area contributed by atoms with Gasteiger partial charge in [-0.25, -0.2) is 9.59 Å². The van der Waals surface area contributed by atoms with E-state index in [9.17, 15) is 14.7 Å². The van der Waals surface area contributed by atoms with Crippen molar-refractivity contribution in [2.45, 2.75) is 43.6 Å². The van der Waals surface area contributed by atoms with E-state index in [1.807, 2.05) is 7.05 Å². The van der Waals surface area contributed by atoms with Crippen LogP contribution in [0.25, 0.3) is 0 Å². The molecule has 1 N–H and O–H groups in total. The van der Waals surface area contributed by atoms with E-state index >= 15 is 0 Å². The van der Waals surface area contributed by atoms with Crippen LogP contribution < -0.4 is 9.47 Å². The van der Waals surface area contributed by atoms with Gasteiger partial charge in [-0.15, -0.1) is 0 Å². The fraction of sp³-hybridized carbons (Fsp3) is 0.478. The Morgan fingerprint density at radius 1 is 1.00 bits per heavy atom.